The van der Waals surface area contributed by atoms with Crippen molar-refractivity contribution in [3.63, 3.8) is 0 Å². The van der Waals surface area contributed by atoms with Crippen molar-refractivity contribution < 1.29 is 4.79 Å². The monoisotopic (exact) mass is 261 g/mol. The highest BCUT2D eigenvalue weighted by molar-refractivity contribution is 5.78. The van der Waals surface area contributed by atoms with E-state index in [1.165, 1.54) is 5.56 Å². The fourth-order valence-corrected chi connectivity index (χ4v) is 2.34. The number of amides is 1. The first-order valence-corrected chi connectivity index (χ1v) is 7.04. The summed E-state index contributed by atoms with van der Waals surface area (Å²) in [6.07, 6.45) is 0. The average Bonchev–Trinajstić information content (AvgIpc) is 2.47. The minimum Gasteiger partial charge on any atom is -0.338 e. The molecule has 0 aliphatic carbocycles. The third kappa shape index (κ3) is 4.33. The van der Waals surface area contributed by atoms with E-state index >= 15 is 0 Å². The molecule has 4 heteroatoms. The number of hydrogen-bond acceptors (Lipinski definition) is 3. The van der Waals surface area contributed by atoms with Crippen LogP contribution in [0.25, 0.3) is 0 Å². The van der Waals surface area contributed by atoms with Crippen LogP contribution in [-0.2, 0) is 11.3 Å². The van der Waals surface area contributed by atoms with Gasteiger partial charge in [-0.15, -0.1) is 0 Å². The molecule has 1 N–H and O–H groups in total. The molecule has 0 aromatic heterocycles. The van der Waals surface area contributed by atoms with E-state index in [1.54, 1.807) is 0 Å². The summed E-state index contributed by atoms with van der Waals surface area (Å²) in [7, 11) is 0. The van der Waals surface area contributed by atoms with Gasteiger partial charge in [-0.25, -0.2) is 0 Å². The number of piperazine rings is 1. The predicted octanol–water partition coefficient (Wildman–Crippen LogP) is 0.940. The highest BCUT2D eigenvalue weighted by atomic mass is 16.2. The van der Waals surface area contributed by atoms with E-state index in [-0.39, 0.29) is 5.91 Å². The standard InChI is InChI=1S/C15H23N3O/c1-2-18(12-14-6-4-3-5-7-14)15(19)13-17-10-8-16-9-11-17/h3-7,16H,2,8-13H2,1H3. The summed E-state index contributed by atoms with van der Waals surface area (Å²) < 4.78 is 0. The van der Waals surface area contributed by atoms with E-state index in [1.807, 2.05) is 30.0 Å². The molecule has 1 aliphatic rings. The highest BCUT2D eigenvalue weighted by Crippen LogP contribution is 2.05. The van der Waals surface area contributed by atoms with Gasteiger partial charge in [0.2, 0.25) is 5.91 Å². The summed E-state index contributed by atoms with van der Waals surface area (Å²) in [6, 6.07) is 10.2. The minimum atomic E-state index is 0.230. The Labute approximate surface area is 115 Å². The molecule has 104 valence electrons. The van der Waals surface area contributed by atoms with Crippen molar-refractivity contribution in [2.24, 2.45) is 0 Å². The Morgan fingerprint density at radius 1 is 1.26 bits per heavy atom. The lowest BCUT2D eigenvalue weighted by Gasteiger charge is -2.29. The Bertz CT molecular complexity index is 388. The van der Waals surface area contributed by atoms with Crippen molar-refractivity contribution in [3.8, 4) is 0 Å². The van der Waals surface area contributed by atoms with Crippen LogP contribution in [-0.4, -0.2) is 55.0 Å². The zero-order chi connectivity index (χ0) is 13.5. The van der Waals surface area contributed by atoms with Gasteiger partial charge in [-0.2, -0.15) is 0 Å². The number of rotatable bonds is 5. The molecule has 0 spiro atoms. The Morgan fingerprint density at radius 2 is 1.95 bits per heavy atom. The van der Waals surface area contributed by atoms with Crippen molar-refractivity contribution in [3.05, 3.63) is 35.9 Å². The van der Waals surface area contributed by atoms with Gasteiger partial charge in [0, 0.05) is 39.3 Å². The summed E-state index contributed by atoms with van der Waals surface area (Å²) in [5.41, 5.74) is 1.19. The topological polar surface area (TPSA) is 35.6 Å². The lowest BCUT2D eigenvalue weighted by atomic mass is 10.2. The van der Waals surface area contributed by atoms with Gasteiger partial charge in [0.15, 0.2) is 0 Å². The van der Waals surface area contributed by atoms with Gasteiger partial charge in [-0.05, 0) is 12.5 Å². The maximum atomic E-state index is 12.3. The van der Waals surface area contributed by atoms with Crippen LogP contribution >= 0.6 is 0 Å². The fraction of sp³-hybridized carbons (Fsp3) is 0.533. The summed E-state index contributed by atoms with van der Waals surface area (Å²) in [5.74, 6) is 0.230. The smallest absolute Gasteiger partial charge is 0.237 e. The summed E-state index contributed by atoms with van der Waals surface area (Å²) in [5, 5.41) is 3.30. The second-order valence-electron chi connectivity index (χ2n) is 4.92. The highest BCUT2D eigenvalue weighted by Gasteiger charge is 2.17. The molecular weight excluding hydrogens is 238 g/mol. The zero-order valence-electron chi connectivity index (χ0n) is 11.6. The first-order chi connectivity index (χ1) is 9.29. The van der Waals surface area contributed by atoms with Crippen molar-refractivity contribution in [1.29, 1.82) is 0 Å². The van der Waals surface area contributed by atoms with Crippen LogP contribution in [0.2, 0.25) is 0 Å². The zero-order valence-corrected chi connectivity index (χ0v) is 11.6. The van der Waals surface area contributed by atoms with E-state index in [0.29, 0.717) is 13.1 Å². The van der Waals surface area contributed by atoms with Gasteiger partial charge in [0.05, 0.1) is 6.54 Å². The van der Waals surface area contributed by atoms with E-state index < -0.39 is 0 Å². The maximum absolute atomic E-state index is 12.3. The molecule has 0 bridgehead atoms. The molecule has 0 unspecified atom stereocenters. The van der Waals surface area contributed by atoms with Crippen molar-refractivity contribution in [2.75, 3.05) is 39.3 Å². The molecule has 1 heterocycles. The Kier molecular flexibility index (Phi) is 5.36. The third-order valence-electron chi connectivity index (χ3n) is 3.52. The number of nitrogens with one attached hydrogen (secondary N) is 1. The molecule has 0 atom stereocenters. The molecular formula is C15H23N3O. The summed E-state index contributed by atoms with van der Waals surface area (Å²) >= 11 is 0. The number of carbonyl (C=O) groups excluding carboxylic acids is 1. The van der Waals surface area contributed by atoms with Gasteiger partial charge in [-0.3, -0.25) is 9.69 Å². The summed E-state index contributed by atoms with van der Waals surface area (Å²) in [4.78, 5) is 16.5. The molecule has 1 amide bonds. The maximum Gasteiger partial charge on any atom is 0.237 e. The Balaban J connectivity index is 1.87. The number of benzene rings is 1. The van der Waals surface area contributed by atoms with E-state index in [0.717, 1.165) is 32.7 Å². The van der Waals surface area contributed by atoms with Crippen molar-refractivity contribution >= 4 is 5.91 Å². The third-order valence-corrected chi connectivity index (χ3v) is 3.52. The van der Waals surface area contributed by atoms with E-state index in [9.17, 15) is 4.79 Å². The van der Waals surface area contributed by atoms with E-state index in [4.69, 9.17) is 0 Å². The molecule has 1 saturated heterocycles. The van der Waals surface area contributed by atoms with Crippen molar-refractivity contribution in [1.82, 2.24) is 15.1 Å². The molecule has 0 radical (unpaired) electrons. The number of hydrogen-bond donors (Lipinski definition) is 1. The molecule has 1 fully saturated rings. The van der Waals surface area contributed by atoms with Gasteiger partial charge >= 0.3 is 0 Å². The van der Waals surface area contributed by atoms with Gasteiger partial charge in [0.25, 0.3) is 0 Å². The van der Waals surface area contributed by atoms with Crippen LogP contribution in [0.5, 0.6) is 0 Å². The predicted molar refractivity (Wildman–Crippen MR) is 76.8 cm³/mol. The molecule has 1 aromatic rings. The number of carbonyl (C=O) groups is 1. The first-order valence-electron chi connectivity index (χ1n) is 7.04. The molecule has 2 rings (SSSR count). The van der Waals surface area contributed by atoms with Gasteiger partial charge < -0.3 is 10.2 Å². The molecule has 1 aromatic carbocycles. The first kappa shape index (κ1) is 14.0. The number of nitrogens with zero attached hydrogens (tertiary/aromatic N) is 2. The fourth-order valence-electron chi connectivity index (χ4n) is 2.34. The molecule has 19 heavy (non-hydrogen) atoms. The Hall–Kier alpha value is -1.39. The lowest BCUT2D eigenvalue weighted by molar-refractivity contribution is -0.133. The Morgan fingerprint density at radius 3 is 2.58 bits per heavy atom. The minimum absolute atomic E-state index is 0.230. The summed E-state index contributed by atoms with van der Waals surface area (Å²) in [6.45, 7) is 7.96. The van der Waals surface area contributed by atoms with Crippen LogP contribution in [0.15, 0.2) is 30.3 Å². The largest absolute Gasteiger partial charge is 0.338 e. The molecule has 0 saturated carbocycles. The SMILES string of the molecule is CCN(Cc1ccccc1)C(=O)CN1CCNCC1. The second-order valence-corrected chi connectivity index (χ2v) is 4.92. The van der Waals surface area contributed by atoms with Crippen LogP contribution < -0.4 is 5.32 Å². The average molecular weight is 261 g/mol. The van der Waals surface area contributed by atoms with Crippen LogP contribution in [0.1, 0.15) is 12.5 Å². The van der Waals surface area contributed by atoms with Crippen molar-refractivity contribution in [2.45, 2.75) is 13.5 Å². The van der Waals surface area contributed by atoms with Crippen LogP contribution in [0, 0.1) is 0 Å². The quantitative estimate of drug-likeness (QED) is 0.857. The van der Waals surface area contributed by atoms with E-state index in [2.05, 4.69) is 22.3 Å². The lowest BCUT2D eigenvalue weighted by Crippen LogP contribution is -2.48. The normalized spacial score (nSPS) is 16.3. The second kappa shape index (κ2) is 7.26. The van der Waals surface area contributed by atoms with Crippen LogP contribution in [0.4, 0.5) is 0 Å². The van der Waals surface area contributed by atoms with Gasteiger partial charge in [-0.1, -0.05) is 30.3 Å². The van der Waals surface area contributed by atoms with Crippen LogP contribution in [0.3, 0.4) is 0 Å². The molecule has 1 aliphatic heterocycles. The molecule has 4 nitrogen and oxygen atoms in total. The number of likely N-dealkylation sites (N-methyl/N-ethyl adjacent to an activating group) is 1. The van der Waals surface area contributed by atoms with Gasteiger partial charge in [0.1, 0.15) is 0 Å².